The van der Waals surface area contributed by atoms with E-state index in [0.717, 1.165) is 11.3 Å². The van der Waals surface area contributed by atoms with E-state index in [0.29, 0.717) is 24.5 Å². The van der Waals surface area contributed by atoms with Crippen molar-refractivity contribution in [3.8, 4) is 17.0 Å². The Labute approximate surface area is 105 Å². The zero-order valence-electron chi connectivity index (χ0n) is 9.72. The number of hydrogen-bond donors (Lipinski definition) is 1. The Morgan fingerprint density at radius 3 is 3.00 bits per heavy atom. The van der Waals surface area contributed by atoms with Gasteiger partial charge in [0.2, 0.25) is 5.91 Å². The molecule has 0 saturated heterocycles. The molecule has 0 unspecified atom stereocenters. The number of rotatable bonds is 1. The van der Waals surface area contributed by atoms with Crippen molar-refractivity contribution < 1.29 is 9.53 Å². The number of carbonyl (C=O) groups is 1. The molecule has 0 atom stereocenters. The van der Waals surface area contributed by atoms with Gasteiger partial charge in [-0.2, -0.15) is 0 Å². The number of hydrogen-bond acceptors (Lipinski definition) is 3. The molecule has 1 aliphatic heterocycles. The second-order valence-electron chi connectivity index (χ2n) is 4.07. The second kappa shape index (κ2) is 4.49. The van der Waals surface area contributed by atoms with Gasteiger partial charge in [0.15, 0.2) is 0 Å². The lowest BCUT2D eigenvalue weighted by Crippen LogP contribution is -2.10. The highest BCUT2D eigenvalue weighted by Gasteiger charge is 2.14. The fourth-order valence-electron chi connectivity index (χ4n) is 1.91. The van der Waals surface area contributed by atoms with Gasteiger partial charge in [-0.1, -0.05) is 6.07 Å². The monoisotopic (exact) mass is 240 g/mol. The van der Waals surface area contributed by atoms with Gasteiger partial charge in [0.1, 0.15) is 5.75 Å². The van der Waals surface area contributed by atoms with Crippen LogP contribution in [0.1, 0.15) is 6.42 Å². The third-order valence-corrected chi connectivity index (χ3v) is 2.80. The van der Waals surface area contributed by atoms with E-state index in [1.165, 1.54) is 0 Å². The van der Waals surface area contributed by atoms with Crippen molar-refractivity contribution in [2.24, 2.45) is 0 Å². The Bertz CT molecular complexity index is 582. The quantitative estimate of drug-likeness (QED) is 0.833. The molecule has 4 nitrogen and oxygen atoms in total. The van der Waals surface area contributed by atoms with E-state index >= 15 is 0 Å². The molecule has 3 rings (SSSR count). The van der Waals surface area contributed by atoms with E-state index < -0.39 is 0 Å². The first-order valence-electron chi connectivity index (χ1n) is 5.81. The molecule has 18 heavy (non-hydrogen) atoms. The number of pyridine rings is 1. The van der Waals surface area contributed by atoms with E-state index in [9.17, 15) is 4.79 Å². The Balaban J connectivity index is 2.02. The van der Waals surface area contributed by atoms with Gasteiger partial charge in [-0.25, -0.2) is 0 Å². The molecule has 1 aromatic carbocycles. The zero-order chi connectivity index (χ0) is 12.4. The average Bonchev–Trinajstić information content (AvgIpc) is 2.59. The van der Waals surface area contributed by atoms with E-state index in [4.69, 9.17) is 4.74 Å². The summed E-state index contributed by atoms with van der Waals surface area (Å²) in [4.78, 5) is 15.8. The molecule has 0 aliphatic carbocycles. The lowest BCUT2D eigenvalue weighted by atomic mass is 10.1. The van der Waals surface area contributed by atoms with Crippen molar-refractivity contribution in [3.05, 3.63) is 42.6 Å². The summed E-state index contributed by atoms with van der Waals surface area (Å²) in [5, 5.41) is 2.84. The molecule has 1 aliphatic rings. The first-order valence-corrected chi connectivity index (χ1v) is 5.81. The van der Waals surface area contributed by atoms with Crippen LogP contribution in [-0.4, -0.2) is 17.5 Å². The molecule has 1 amide bonds. The number of carbonyl (C=O) groups excluding carboxylic acids is 1. The molecule has 1 N–H and O–H groups in total. The van der Waals surface area contributed by atoms with Crippen LogP contribution in [0.15, 0.2) is 42.6 Å². The highest BCUT2D eigenvalue weighted by atomic mass is 16.5. The predicted molar refractivity (Wildman–Crippen MR) is 68.4 cm³/mol. The number of ether oxygens (including phenoxy) is 1. The molecular weight excluding hydrogens is 228 g/mol. The topological polar surface area (TPSA) is 51.2 Å². The zero-order valence-corrected chi connectivity index (χ0v) is 9.72. The highest BCUT2D eigenvalue weighted by molar-refractivity contribution is 5.93. The molecule has 2 heterocycles. The number of nitrogens with one attached hydrogen (secondary N) is 1. The largest absolute Gasteiger partial charge is 0.491 e. The van der Waals surface area contributed by atoms with Crippen LogP contribution < -0.4 is 10.1 Å². The standard InChI is InChI=1S/C14H12N2O2/c17-14-6-8-18-13-5-4-10(9-12(13)16-14)11-3-1-2-7-15-11/h1-5,7,9H,6,8H2,(H,16,17). The minimum atomic E-state index is -0.0214. The van der Waals surface area contributed by atoms with Gasteiger partial charge in [-0.05, 0) is 30.3 Å². The maximum absolute atomic E-state index is 11.5. The minimum absolute atomic E-state index is 0.0214. The Morgan fingerprint density at radius 2 is 2.17 bits per heavy atom. The Morgan fingerprint density at radius 1 is 1.22 bits per heavy atom. The third kappa shape index (κ3) is 2.05. The number of nitrogens with zero attached hydrogens (tertiary/aromatic N) is 1. The number of anilines is 1. The predicted octanol–water partition coefficient (Wildman–Crippen LogP) is 2.47. The van der Waals surface area contributed by atoms with Crippen molar-refractivity contribution in [2.75, 3.05) is 11.9 Å². The number of amides is 1. The summed E-state index contributed by atoms with van der Waals surface area (Å²) in [6.45, 7) is 0.418. The van der Waals surface area contributed by atoms with Crippen molar-refractivity contribution in [1.29, 1.82) is 0 Å². The lowest BCUT2D eigenvalue weighted by molar-refractivity contribution is -0.116. The maximum atomic E-state index is 11.5. The third-order valence-electron chi connectivity index (χ3n) is 2.80. The molecular formula is C14H12N2O2. The van der Waals surface area contributed by atoms with Crippen molar-refractivity contribution >= 4 is 11.6 Å². The highest BCUT2D eigenvalue weighted by Crippen LogP contribution is 2.31. The Hall–Kier alpha value is -2.36. The van der Waals surface area contributed by atoms with Crippen molar-refractivity contribution in [2.45, 2.75) is 6.42 Å². The van der Waals surface area contributed by atoms with Crippen molar-refractivity contribution in [1.82, 2.24) is 4.98 Å². The van der Waals surface area contributed by atoms with Gasteiger partial charge < -0.3 is 10.1 Å². The lowest BCUT2D eigenvalue weighted by Gasteiger charge is -2.09. The number of benzene rings is 1. The molecule has 1 aromatic heterocycles. The molecule has 4 heteroatoms. The summed E-state index contributed by atoms with van der Waals surface area (Å²) < 4.78 is 5.51. The molecule has 0 spiro atoms. The van der Waals surface area contributed by atoms with Gasteiger partial charge in [-0.15, -0.1) is 0 Å². The van der Waals surface area contributed by atoms with E-state index in [2.05, 4.69) is 10.3 Å². The van der Waals surface area contributed by atoms with Crippen molar-refractivity contribution in [3.63, 3.8) is 0 Å². The Kier molecular flexibility index (Phi) is 2.68. The smallest absolute Gasteiger partial charge is 0.227 e. The van der Waals surface area contributed by atoms with Crippen LogP contribution >= 0.6 is 0 Å². The normalized spacial score (nSPS) is 14.1. The van der Waals surface area contributed by atoms with Gasteiger partial charge in [0.25, 0.3) is 0 Å². The van der Waals surface area contributed by atoms with Crippen LogP contribution in [0.3, 0.4) is 0 Å². The molecule has 0 fully saturated rings. The van der Waals surface area contributed by atoms with Gasteiger partial charge in [0, 0.05) is 11.8 Å². The van der Waals surface area contributed by atoms with Crippen LogP contribution in [-0.2, 0) is 4.79 Å². The van der Waals surface area contributed by atoms with E-state index in [1.54, 1.807) is 6.20 Å². The van der Waals surface area contributed by atoms with E-state index in [1.807, 2.05) is 36.4 Å². The average molecular weight is 240 g/mol. The first-order chi connectivity index (χ1) is 8.83. The molecule has 0 radical (unpaired) electrons. The van der Waals surface area contributed by atoms with Crippen LogP contribution in [0.2, 0.25) is 0 Å². The molecule has 0 saturated carbocycles. The van der Waals surface area contributed by atoms with Crippen LogP contribution in [0.5, 0.6) is 5.75 Å². The number of aromatic nitrogens is 1. The molecule has 2 aromatic rings. The first kappa shape index (κ1) is 10.8. The van der Waals surface area contributed by atoms with Crippen LogP contribution in [0, 0.1) is 0 Å². The fraction of sp³-hybridized carbons (Fsp3) is 0.143. The summed E-state index contributed by atoms with van der Waals surface area (Å²) in [6, 6.07) is 11.4. The minimum Gasteiger partial charge on any atom is -0.491 e. The SMILES string of the molecule is O=C1CCOc2ccc(-c3ccccn3)cc2N1. The molecule has 0 bridgehead atoms. The summed E-state index contributed by atoms with van der Waals surface area (Å²) in [6.07, 6.45) is 2.13. The second-order valence-corrected chi connectivity index (χ2v) is 4.07. The maximum Gasteiger partial charge on any atom is 0.227 e. The van der Waals surface area contributed by atoms with Gasteiger partial charge in [0.05, 0.1) is 24.4 Å². The van der Waals surface area contributed by atoms with Crippen LogP contribution in [0.4, 0.5) is 5.69 Å². The van der Waals surface area contributed by atoms with Gasteiger partial charge >= 0.3 is 0 Å². The van der Waals surface area contributed by atoms with E-state index in [-0.39, 0.29) is 5.91 Å². The summed E-state index contributed by atoms with van der Waals surface area (Å²) in [7, 11) is 0. The summed E-state index contributed by atoms with van der Waals surface area (Å²) in [5.74, 6) is 0.687. The summed E-state index contributed by atoms with van der Waals surface area (Å²) >= 11 is 0. The molecule has 90 valence electrons. The van der Waals surface area contributed by atoms with Gasteiger partial charge in [-0.3, -0.25) is 9.78 Å². The summed E-state index contributed by atoms with van der Waals surface area (Å²) in [5.41, 5.74) is 2.54. The number of fused-ring (bicyclic) bond motifs is 1. The van der Waals surface area contributed by atoms with Crippen LogP contribution in [0.25, 0.3) is 11.3 Å². The fourth-order valence-corrected chi connectivity index (χ4v) is 1.91.